The summed E-state index contributed by atoms with van der Waals surface area (Å²) in [6.07, 6.45) is 0. The molecular formula is C60H38. The highest BCUT2D eigenvalue weighted by molar-refractivity contribution is 6.13. The molecule has 0 aliphatic rings. The monoisotopic (exact) mass is 758 g/mol. The molecule has 0 radical (unpaired) electrons. The summed E-state index contributed by atoms with van der Waals surface area (Å²) in [6.45, 7) is 0. The maximum absolute atomic E-state index is 2.42. The van der Waals surface area contributed by atoms with Crippen LogP contribution in [0.5, 0.6) is 0 Å². The molecule has 0 aliphatic heterocycles. The summed E-state index contributed by atoms with van der Waals surface area (Å²) in [5.74, 6) is 0. The van der Waals surface area contributed by atoms with Crippen LogP contribution in [-0.4, -0.2) is 0 Å². The first-order valence-corrected chi connectivity index (χ1v) is 20.8. The van der Waals surface area contributed by atoms with E-state index in [0.29, 0.717) is 0 Å². The number of hydrogen-bond donors (Lipinski definition) is 0. The highest BCUT2D eigenvalue weighted by atomic mass is 14.2. The van der Waals surface area contributed by atoms with Crippen molar-refractivity contribution in [3.05, 3.63) is 231 Å². The van der Waals surface area contributed by atoms with Crippen molar-refractivity contribution in [2.75, 3.05) is 0 Å². The number of benzene rings is 12. The second-order valence-electron chi connectivity index (χ2n) is 16.1. The van der Waals surface area contributed by atoms with Gasteiger partial charge in [-0.15, -0.1) is 0 Å². The largest absolute Gasteiger partial charge is 0.0616 e. The van der Waals surface area contributed by atoms with E-state index in [1.807, 2.05) is 0 Å². The maximum Gasteiger partial charge on any atom is -0.00930 e. The molecule has 0 aliphatic carbocycles. The lowest BCUT2D eigenvalue weighted by Crippen LogP contribution is -1.91. The molecule has 0 heterocycles. The van der Waals surface area contributed by atoms with Gasteiger partial charge in [-0.3, -0.25) is 0 Å². The van der Waals surface area contributed by atoms with Crippen molar-refractivity contribution in [3.8, 4) is 55.6 Å². The summed E-state index contributed by atoms with van der Waals surface area (Å²) in [5, 5.41) is 14.9. The van der Waals surface area contributed by atoms with Crippen LogP contribution in [0.3, 0.4) is 0 Å². The van der Waals surface area contributed by atoms with Crippen LogP contribution >= 0.6 is 0 Å². The van der Waals surface area contributed by atoms with Crippen molar-refractivity contribution < 1.29 is 0 Å². The molecule has 12 rings (SSSR count). The number of fused-ring (bicyclic) bond motifs is 6. The molecule has 0 spiro atoms. The Morgan fingerprint density at radius 1 is 0.150 bits per heavy atom. The average molecular weight is 759 g/mol. The molecule has 278 valence electrons. The normalized spacial score (nSPS) is 11.7. The average Bonchev–Trinajstić information content (AvgIpc) is 3.32. The van der Waals surface area contributed by atoms with E-state index in [2.05, 4.69) is 231 Å². The van der Waals surface area contributed by atoms with Gasteiger partial charge in [-0.1, -0.05) is 182 Å². The molecule has 0 N–H and O–H groups in total. The summed E-state index contributed by atoms with van der Waals surface area (Å²) in [6, 6.07) is 85.5. The van der Waals surface area contributed by atoms with Gasteiger partial charge in [-0.25, -0.2) is 0 Å². The molecule has 0 fully saturated rings. The molecule has 12 aromatic carbocycles. The zero-order valence-electron chi connectivity index (χ0n) is 32.9. The molecular weight excluding hydrogens is 721 g/mol. The minimum atomic E-state index is 1.21. The summed E-state index contributed by atoms with van der Waals surface area (Å²) < 4.78 is 0. The molecule has 0 heteroatoms. The fourth-order valence-corrected chi connectivity index (χ4v) is 9.42. The van der Waals surface area contributed by atoms with E-state index in [0.717, 1.165) is 0 Å². The molecule has 0 nitrogen and oxygen atoms in total. The lowest BCUT2D eigenvalue weighted by molar-refractivity contribution is 1.62. The Kier molecular flexibility index (Phi) is 7.96. The van der Waals surface area contributed by atoms with Gasteiger partial charge in [0.25, 0.3) is 0 Å². The van der Waals surface area contributed by atoms with E-state index in [-0.39, 0.29) is 0 Å². The molecule has 12 aromatic rings. The van der Waals surface area contributed by atoms with Crippen molar-refractivity contribution in [1.29, 1.82) is 0 Å². The Bertz CT molecular complexity index is 3660. The third-order valence-corrected chi connectivity index (χ3v) is 12.6. The maximum atomic E-state index is 2.42. The van der Waals surface area contributed by atoms with E-state index in [1.54, 1.807) is 0 Å². The van der Waals surface area contributed by atoms with Crippen molar-refractivity contribution in [1.82, 2.24) is 0 Å². The molecule has 0 saturated heterocycles. The van der Waals surface area contributed by atoms with Crippen LogP contribution in [0, 0.1) is 0 Å². The van der Waals surface area contributed by atoms with Crippen molar-refractivity contribution in [2.24, 2.45) is 0 Å². The summed E-state index contributed by atoms with van der Waals surface area (Å²) in [5.41, 5.74) is 12.2. The SMILES string of the molecule is c1ccc2cc(-c3ccc4c(-c5ccc(-c6ccc7ccccc7c6)c6cc(-c7ccc8ccccc8c7)ccc56)cc(-c5ccc6ccccc6c5)cc4c3)ccc2c1. The molecule has 0 aromatic heterocycles. The standard InChI is InChI=1S/C60H38/c1-5-13-43-31-47(21-17-39(43)9-1)49-25-27-56-54(35-49)36-53(50-23-19-41-11-3-7-15-45(41)33-50)38-60(56)58-30-29-55(52-24-20-42-12-4-8-16-46(42)34-52)59-37-51(26-28-57(58)59)48-22-18-40-10-2-6-14-44(40)32-48/h1-38H. The second kappa shape index (κ2) is 13.9. The van der Waals surface area contributed by atoms with Gasteiger partial charge in [0.15, 0.2) is 0 Å². The van der Waals surface area contributed by atoms with Crippen LogP contribution in [0.1, 0.15) is 0 Å². The van der Waals surface area contributed by atoms with Gasteiger partial charge < -0.3 is 0 Å². The molecule has 0 amide bonds. The minimum Gasteiger partial charge on any atom is -0.0616 e. The van der Waals surface area contributed by atoms with Crippen LogP contribution < -0.4 is 0 Å². The zero-order valence-corrected chi connectivity index (χ0v) is 32.9. The molecule has 0 atom stereocenters. The summed E-state index contributed by atoms with van der Waals surface area (Å²) in [4.78, 5) is 0. The summed E-state index contributed by atoms with van der Waals surface area (Å²) >= 11 is 0. The van der Waals surface area contributed by atoms with Crippen LogP contribution in [-0.2, 0) is 0 Å². The Morgan fingerprint density at radius 3 is 1.02 bits per heavy atom. The predicted octanol–water partition coefficient (Wildman–Crippen LogP) is 16.9. The minimum absolute atomic E-state index is 1.21. The molecule has 0 bridgehead atoms. The lowest BCUT2D eigenvalue weighted by Gasteiger charge is -2.18. The van der Waals surface area contributed by atoms with Crippen LogP contribution in [0.2, 0.25) is 0 Å². The first kappa shape index (κ1) is 34.3. The molecule has 60 heavy (non-hydrogen) atoms. The van der Waals surface area contributed by atoms with E-state index >= 15 is 0 Å². The third kappa shape index (κ3) is 5.93. The fourth-order valence-electron chi connectivity index (χ4n) is 9.42. The topological polar surface area (TPSA) is 0 Å². The van der Waals surface area contributed by atoms with Crippen LogP contribution in [0.25, 0.3) is 120 Å². The van der Waals surface area contributed by atoms with Gasteiger partial charge in [0.2, 0.25) is 0 Å². The first-order chi connectivity index (χ1) is 29.7. The van der Waals surface area contributed by atoms with Gasteiger partial charge in [0.05, 0.1) is 0 Å². The Hall–Kier alpha value is -7.80. The van der Waals surface area contributed by atoms with Gasteiger partial charge >= 0.3 is 0 Å². The van der Waals surface area contributed by atoms with Gasteiger partial charge in [0, 0.05) is 0 Å². The Labute approximate surface area is 349 Å². The number of hydrogen-bond acceptors (Lipinski definition) is 0. The van der Waals surface area contributed by atoms with Gasteiger partial charge in [-0.05, 0) is 169 Å². The lowest BCUT2D eigenvalue weighted by atomic mass is 9.86. The van der Waals surface area contributed by atoms with Gasteiger partial charge in [0.1, 0.15) is 0 Å². The first-order valence-electron chi connectivity index (χ1n) is 20.8. The van der Waals surface area contributed by atoms with Crippen LogP contribution in [0.15, 0.2) is 231 Å². The molecule has 0 saturated carbocycles. The molecule has 0 unspecified atom stereocenters. The van der Waals surface area contributed by atoms with Gasteiger partial charge in [-0.2, -0.15) is 0 Å². The Balaban J connectivity index is 1.10. The fraction of sp³-hybridized carbons (Fsp3) is 0. The zero-order chi connectivity index (χ0) is 39.6. The van der Waals surface area contributed by atoms with E-state index < -0.39 is 0 Å². The highest BCUT2D eigenvalue weighted by Gasteiger charge is 2.17. The van der Waals surface area contributed by atoms with Crippen LogP contribution in [0.4, 0.5) is 0 Å². The van der Waals surface area contributed by atoms with Crippen molar-refractivity contribution in [3.63, 3.8) is 0 Å². The summed E-state index contributed by atoms with van der Waals surface area (Å²) in [7, 11) is 0. The highest BCUT2D eigenvalue weighted by Crippen LogP contribution is 2.43. The van der Waals surface area contributed by atoms with Crippen molar-refractivity contribution in [2.45, 2.75) is 0 Å². The predicted molar refractivity (Wildman–Crippen MR) is 259 cm³/mol. The number of rotatable bonds is 5. The van der Waals surface area contributed by atoms with E-state index in [4.69, 9.17) is 0 Å². The van der Waals surface area contributed by atoms with Crippen molar-refractivity contribution >= 4 is 64.6 Å². The van der Waals surface area contributed by atoms with E-state index in [1.165, 1.54) is 120 Å². The third-order valence-electron chi connectivity index (χ3n) is 12.6. The van der Waals surface area contributed by atoms with E-state index in [9.17, 15) is 0 Å². The smallest absolute Gasteiger partial charge is 0.00930 e. The second-order valence-corrected chi connectivity index (χ2v) is 16.1. The Morgan fingerprint density at radius 2 is 0.500 bits per heavy atom. The quantitative estimate of drug-likeness (QED) is 0.164.